The number of pyridine rings is 1. The first-order valence-corrected chi connectivity index (χ1v) is 14.4. The molecular weight excluding hydrogens is 600 g/mol. The molecule has 0 saturated heterocycles. The van der Waals surface area contributed by atoms with E-state index in [4.69, 9.17) is 26.5 Å². The first-order chi connectivity index (χ1) is 20.3. The predicted octanol–water partition coefficient (Wildman–Crippen LogP) is 7.55. The second-order valence-electron chi connectivity index (χ2n) is 10.3. The van der Waals surface area contributed by atoms with Crippen LogP contribution in [0, 0.1) is 13.8 Å². The number of furan rings is 1. The number of carbonyl (C=O) groups is 2. The minimum Gasteiger partial charge on any atom is -0.485 e. The molecule has 4 aromatic heterocycles. The van der Waals surface area contributed by atoms with Crippen LogP contribution in [-0.2, 0) is 13.7 Å². The molecular formula is C30H28ClF2N5O4S. The summed E-state index contributed by atoms with van der Waals surface area (Å²) >= 11 is 7.12. The lowest BCUT2D eigenvalue weighted by atomic mass is 10.0. The predicted molar refractivity (Wildman–Crippen MR) is 161 cm³/mol. The molecule has 43 heavy (non-hydrogen) atoms. The van der Waals surface area contributed by atoms with E-state index in [2.05, 4.69) is 15.4 Å². The Morgan fingerprint density at radius 1 is 1.19 bits per heavy atom. The fraction of sp³-hybridized carbons (Fsp3) is 0.267. The summed E-state index contributed by atoms with van der Waals surface area (Å²) < 4.78 is 41.0. The van der Waals surface area contributed by atoms with Crippen LogP contribution in [0.25, 0.3) is 21.3 Å². The molecule has 0 unspecified atom stereocenters. The number of alkyl halides is 2. The Bertz CT molecular complexity index is 1880. The number of halogens is 3. The van der Waals surface area contributed by atoms with Crippen LogP contribution in [0.2, 0.25) is 5.02 Å². The van der Waals surface area contributed by atoms with Crippen LogP contribution in [0.3, 0.4) is 0 Å². The van der Waals surface area contributed by atoms with E-state index in [1.807, 2.05) is 32.9 Å². The highest BCUT2D eigenvalue weighted by Crippen LogP contribution is 2.43. The van der Waals surface area contributed by atoms with E-state index >= 15 is 0 Å². The number of primary amides is 1. The number of aromatic nitrogens is 3. The van der Waals surface area contributed by atoms with Crippen LogP contribution < -0.4 is 15.8 Å². The maximum absolute atomic E-state index is 13.8. The molecule has 1 aromatic carbocycles. The van der Waals surface area contributed by atoms with Gasteiger partial charge in [0.15, 0.2) is 5.76 Å². The molecule has 0 aliphatic carbocycles. The molecule has 0 bridgehead atoms. The number of amides is 2. The van der Waals surface area contributed by atoms with Crippen molar-refractivity contribution in [1.82, 2.24) is 14.8 Å². The molecule has 9 nitrogen and oxygen atoms in total. The molecule has 0 saturated carbocycles. The summed E-state index contributed by atoms with van der Waals surface area (Å²) in [5.74, 6) is -0.376. The Morgan fingerprint density at radius 2 is 1.93 bits per heavy atom. The van der Waals surface area contributed by atoms with Crippen molar-refractivity contribution in [2.75, 3.05) is 5.32 Å². The Labute approximate surface area is 254 Å². The van der Waals surface area contributed by atoms with Crippen molar-refractivity contribution in [3.05, 3.63) is 80.5 Å². The zero-order chi connectivity index (χ0) is 31.2. The van der Waals surface area contributed by atoms with Crippen LogP contribution in [0.1, 0.15) is 74.7 Å². The number of hydrogen-bond donors (Lipinski definition) is 2. The minimum absolute atomic E-state index is 0.0421. The van der Waals surface area contributed by atoms with E-state index in [-0.39, 0.29) is 33.7 Å². The van der Waals surface area contributed by atoms with Gasteiger partial charge in [-0.2, -0.15) is 5.10 Å². The maximum Gasteiger partial charge on any atom is 0.291 e. The molecule has 3 N–H and O–H groups in total. The van der Waals surface area contributed by atoms with Gasteiger partial charge in [-0.05, 0) is 66.8 Å². The summed E-state index contributed by atoms with van der Waals surface area (Å²) in [6.45, 7) is 7.77. The number of hydrogen-bond acceptors (Lipinski definition) is 7. The molecule has 4 heterocycles. The van der Waals surface area contributed by atoms with Crippen molar-refractivity contribution in [2.45, 2.75) is 46.6 Å². The molecule has 5 aromatic rings. The number of rotatable bonds is 9. The third-order valence-electron chi connectivity index (χ3n) is 7.06. The molecule has 224 valence electrons. The van der Waals surface area contributed by atoms with E-state index in [1.165, 1.54) is 18.3 Å². The van der Waals surface area contributed by atoms with Gasteiger partial charge >= 0.3 is 0 Å². The van der Waals surface area contributed by atoms with E-state index < -0.39 is 23.9 Å². The fourth-order valence-corrected chi connectivity index (χ4v) is 5.83. The Balaban J connectivity index is 1.48. The molecule has 0 fully saturated rings. The highest BCUT2D eigenvalue weighted by atomic mass is 35.5. The normalized spacial score (nSPS) is 11.6. The number of nitrogens with two attached hydrogens (primary N) is 1. The van der Waals surface area contributed by atoms with Crippen LogP contribution in [0.15, 0.2) is 40.9 Å². The quantitative estimate of drug-likeness (QED) is 0.174. The number of fused-ring (bicyclic) bond motifs is 1. The van der Waals surface area contributed by atoms with Crippen molar-refractivity contribution in [3.63, 3.8) is 0 Å². The number of anilines is 1. The Hall–Kier alpha value is -4.29. The number of aryl methyl sites for hydroxylation is 2. The molecule has 0 aliphatic rings. The highest BCUT2D eigenvalue weighted by molar-refractivity contribution is 7.21. The van der Waals surface area contributed by atoms with Crippen molar-refractivity contribution in [3.8, 4) is 16.9 Å². The summed E-state index contributed by atoms with van der Waals surface area (Å²) in [6.07, 6.45) is -1.34. The van der Waals surface area contributed by atoms with Gasteiger partial charge in [-0.15, -0.1) is 11.3 Å². The van der Waals surface area contributed by atoms with Crippen molar-refractivity contribution in [2.24, 2.45) is 12.8 Å². The monoisotopic (exact) mass is 627 g/mol. The third-order valence-corrected chi connectivity index (χ3v) is 8.57. The maximum atomic E-state index is 13.8. The lowest BCUT2D eigenvalue weighted by molar-refractivity contribution is 0.0992. The van der Waals surface area contributed by atoms with E-state index in [0.29, 0.717) is 38.7 Å². The van der Waals surface area contributed by atoms with Gasteiger partial charge in [0.1, 0.15) is 33.5 Å². The van der Waals surface area contributed by atoms with Gasteiger partial charge in [0.05, 0.1) is 11.9 Å². The molecule has 0 aliphatic heterocycles. The zero-order valence-electron chi connectivity index (χ0n) is 23.9. The number of nitrogens with zero attached hydrogens (tertiary/aromatic N) is 3. The second-order valence-corrected chi connectivity index (χ2v) is 11.7. The largest absolute Gasteiger partial charge is 0.485 e. The molecule has 0 radical (unpaired) electrons. The van der Waals surface area contributed by atoms with Gasteiger partial charge in [-0.3, -0.25) is 14.3 Å². The van der Waals surface area contributed by atoms with Crippen molar-refractivity contribution < 1.29 is 27.5 Å². The van der Waals surface area contributed by atoms with E-state index in [1.54, 1.807) is 24.7 Å². The molecule has 5 rings (SSSR count). The lowest BCUT2D eigenvalue weighted by Gasteiger charge is -2.15. The Kier molecular flexibility index (Phi) is 8.26. The highest BCUT2D eigenvalue weighted by Gasteiger charge is 2.27. The van der Waals surface area contributed by atoms with Crippen LogP contribution in [0.4, 0.5) is 14.5 Å². The lowest BCUT2D eigenvalue weighted by Crippen LogP contribution is -2.16. The number of benzene rings is 1. The minimum atomic E-state index is -2.87. The third kappa shape index (κ3) is 5.84. The molecule has 0 atom stereocenters. The fourth-order valence-electron chi connectivity index (χ4n) is 4.65. The standard InChI is InChI=1S/C30H28ClF2N5O4S/c1-13(2)17-9-20(31)14(3)8-23(17)41-12-16-6-7-22(42-16)29(40)37-25-24-18(19-11-35-38(5)15(19)4)10-21(27(32)33)36-30(24)43-26(25)28(34)39/h6-11,13,27H,12H2,1-5H3,(H2,34,39)(H,37,40). The topological polar surface area (TPSA) is 125 Å². The average molecular weight is 628 g/mol. The second kappa shape index (κ2) is 11.8. The number of ether oxygens (including phenoxy) is 1. The molecule has 13 heteroatoms. The molecule has 2 amide bonds. The number of thiophene rings is 1. The smallest absolute Gasteiger partial charge is 0.291 e. The van der Waals surface area contributed by atoms with Gasteiger partial charge in [0.2, 0.25) is 0 Å². The van der Waals surface area contributed by atoms with Crippen molar-refractivity contribution in [1.29, 1.82) is 0 Å². The van der Waals surface area contributed by atoms with Gasteiger partial charge in [-0.1, -0.05) is 25.4 Å². The van der Waals surface area contributed by atoms with Crippen molar-refractivity contribution >= 4 is 50.7 Å². The SMILES string of the molecule is Cc1cc(OCc2ccc(C(=O)Nc3c(C(N)=O)sc4nc(C(F)F)cc(-c5cnn(C)c5C)c34)o2)c(C(C)C)cc1Cl. The van der Waals surface area contributed by atoms with Crippen LogP contribution >= 0.6 is 22.9 Å². The first-order valence-electron chi connectivity index (χ1n) is 13.2. The van der Waals surface area contributed by atoms with Gasteiger partial charge in [0, 0.05) is 28.7 Å². The molecule has 0 spiro atoms. The van der Waals surface area contributed by atoms with E-state index in [9.17, 15) is 18.4 Å². The zero-order valence-corrected chi connectivity index (χ0v) is 25.5. The summed E-state index contributed by atoms with van der Waals surface area (Å²) in [4.78, 5) is 29.9. The Morgan fingerprint density at radius 3 is 2.56 bits per heavy atom. The van der Waals surface area contributed by atoms with E-state index in [0.717, 1.165) is 22.5 Å². The van der Waals surface area contributed by atoms with Gasteiger partial charge in [0.25, 0.3) is 18.2 Å². The van der Waals surface area contributed by atoms with Gasteiger partial charge in [-0.25, -0.2) is 13.8 Å². The number of carbonyl (C=O) groups excluding carboxylic acids is 2. The summed E-state index contributed by atoms with van der Waals surface area (Å²) in [5, 5.41) is 7.87. The van der Waals surface area contributed by atoms with Crippen LogP contribution in [-0.4, -0.2) is 26.6 Å². The summed E-state index contributed by atoms with van der Waals surface area (Å²) in [5.41, 5.74) is 8.58. The first kappa shape index (κ1) is 30.2. The average Bonchev–Trinajstić information content (AvgIpc) is 3.66. The summed E-state index contributed by atoms with van der Waals surface area (Å²) in [6, 6.07) is 8.04. The van der Waals surface area contributed by atoms with Gasteiger partial charge < -0.3 is 20.2 Å². The number of nitrogens with one attached hydrogen (secondary N) is 1. The van der Waals surface area contributed by atoms with Crippen LogP contribution in [0.5, 0.6) is 5.75 Å². The summed E-state index contributed by atoms with van der Waals surface area (Å²) in [7, 11) is 1.71.